The van der Waals surface area contributed by atoms with Crippen LogP contribution in [0.4, 0.5) is 0 Å². The average Bonchev–Trinajstić information content (AvgIpc) is 2.39. The first-order valence-electron chi connectivity index (χ1n) is 6.01. The number of aryl methyl sites for hydroxylation is 1. The minimum Gasteiger partial charge on any atom is -0.402 e. The molecule has 1 aromatic rings. The fraction of sp³-hybridized carbons (Fsp3) is 0.400. The third kappa shape index (κ3) is 5.15. The van der Waals surface area contributed by atoms with Crippen LogP contribution in [-0.2, 0) is 4.79 Å². The predicted octanol–water partition coefficient (Wildman–Crippen LogP) is 2.53. The van der Waals surface area contributed by atoms with Crippen LogP contribution in [0.25, 0.3) is 0 Å². The number of benzene rings is 1. The van der Waals surface area contributed by atoms with Crippen molar-refractivity contribution in [3.63, 3.8) is 0 Å². The molecule has 1 unspecified atom stereocenters. The maximum absolute atomic E-state index is 11.5. The van der Waals surface area contributed by atoms with Crippen LogP contribution >= 0.6 is 0 Å². The molecule has 0 bridgehead atoms. The van der Waals surface area contributed by atoms with E-state index in [2.05, 4.69) is 6.58 Å². The van der Waals surface area contributed by atoms with Gasteiger partial charge in [-0.15, -0.1) is 0 Å². The van der Waals surface area contributed by atoms with E-state index in [1.54, 1.807) is 0 Å². The molecule has 1 aromatic carbocycles. The highest BCUT2D eigenvalue weighted by Gasteiger charge is 2.16. The molecule has 0 aromatic heterocycles. The number of carbonyl (C=O) groups excluding carboxylic acids is 1. The Labute approximate surface area is 109 Å². The Morgan fingerprint density at radius 3 is 2.22 bits per heavy atom. The van der Waals surface area contributed by atoms with E-state index in [0.717, 1.165) is 12.7 Å². The van der Waals surface area contributed by atoms with E-state index in [1.807, 2.05) is 38.1 Å². The van der Waals surface area contributed by atoms with Crippen LogP contribution in [0.2, 0.25) is 0 Å². The van der Waals surface area contributed by atoms with Gasteiger partial charge in [0.1, 0.15) is 5.78 Å². The first-order valence-corrected chi connectivity index (χ1v) is 6.01. The summed E-state index contributed by atoms with van der Waals surface area (Å²) in [6.45, 7) is 7.67. The molecule has 0 saturated carbocycles. The van der Waals surface area contributed by atoms with Gasteiger partial charge in [-0.2, -0.15) is 0 Å². The fourth-order valence-electron chi connectivity index (χ4n) is 1.63. The zero-order chi connectivity index (χ0) is 14.1. The lowest BCUT2D eigenvalue weighted by Crippen LogP contribution is -2.13. The molecule has 1 atom stereocenters. The number of hydrogen-bond donors (Lipinski definition) is 2. The topological polar surface area (TPSA) is 63.3 Å². The molecule has 3 heteroatoms. The second kappa shape index (κ2) is 8.48. The number of nitrogens with two attached hydrogens (primary N) is 1. The Kier molecular flexibility index (Phi) is 7.72. The van der Waals surface area contributed by atoms with Crippen LogP contribution in [0, 0.1) is 6.92 Å². The van der Waals surface area contributed by atoms with Crippen molar-refractivity contribution >= 4 is 5.78 Å². The summed E-state index contributed by atoms with van der Waals surface area (Å²) in [6, 6.07) is 8.09. The number of carbonyl (C=O) groups is 1. The number of allylic oxidation sites excluding steroid dienone is 1. The van der Waals surface area contributed by atoms with Gasteiger partial charge in [-0.05, 0) is 12.5 Å². The first-order chi connectivity index (χ1) is 8.54. The van der Waals surface area contributed by atoms with Crippen LogP contribution in [-0.4, -0.2) is 18.0 Å². The molecule has 3 N–H and O–H groups in total. The molecule has 100 valence electrons. The summed E-state index contributed by atoms with van der Waals surface area (Å²) in [7, 11) is 1.00. The second-order valence-corrected chi connectivity index (χ2v) is 4.13. The predicted molar refractivity (Wildman–Crippen MR) is 75.3 cm³/mol. The van der Waals surface area contributed by atoms with Crippen molar-refractivity contribution in [2.24, 2.45) is 5.73 Å². The monoisotopic (exact) mass is 249 g/mol. The maximum atomic E-state index is 11.5. The van der Waals surface area contributed by atoms with E-state index in [-0.39, 0.29) is 11.7 Å². The fourth-order valence-corrected chi connectivity index (χ4v) is 1.63. The highest BCUT2D eigenvalue weighted by atomic mass is 16.2. The second-order valence-electron chi connectivity index (χ2n) is 4.13. The Balaban J connectivity index is 0.00000137. The summed E-state index contributed by atoms with van der Waals surface area (Å²) in [5.41, 5.74) is 8.59. The van der Waals surface area contributed by atoms with Gasteiger partial charge >= 0.3 is 0 Å². The lowest BCUT2D eigenvalue weighted by atomic mass is 9.90. The normalized spacial score (nSPS) is 11.1. The largest absolute Gasteiger partial charge is 0.402 e. The van der Waals surface area contributed by atoms with Gasteiger partial charge in [0.2, 0.25) is 0 Å². The van der Waals surface area contributed by atoms with Crippen LogP contribution < -0.4 is 5.73 Å². The smallest absolute Gasteiger partial charge is 0.133 e. The molecule has 0 saturated heterocycles. The van der Waals surface area contributed by atoms with Gasteiger partial charge in [0.15, 0.2) is 0 Å². The van der Waals surface area contributed by atoms with E-state index < -0.39 is 0 Å². The number of hydrogen-bond acceptors (Lipinski definition) is 3. The standard InChI is InChI=1S/C14H19NO.CH4O/c1-4-13(16)9-14(11(3)15)12-7-5-10(2)6-8-12;1-2/h5-8,14H,3-4,9,15H2,1-2H3;2H,1H3. The summed E-state index contributed by atoms with van der Waals surface area (Å²) in [5.74, 6) is 0.172. The Morgan fingerprint density at radius 2 is 1.83 bits per heavy atom. The molecule has 3 nitrogen and oxygen atoms in total. The quantitative estimate of drug-likeness (QED) is 0.843. The lowest BCUT2D eigenvalue weighted by molar-refractivity contribution is -0.119. The van der Waals surface area contributed by atoms with Gasteiger partial charge in [0.25, 0.3) is 0 Å². The molecule has 0 fully saturated rings. The van der Waals surface area contributed by atoms with Crippen molar-refractivity contribution < 1.29 is 9.90 Å². The van der Waals surface area contributed by atoms with Crippen molar-refractivity contribution in [2.45, 2.75) is 32.6 Å². The number of aliphatic hydroxyl groups excluding tert-OH is 1. The SMILES string of the molecule is C=C(N)C(CC(=O)CC)c1ccc(C)cc1.CO. The van der Waals surface area contributed by atoms with Crippen molar-refractivity contribution in [3.05, 3.63) is 47.7 Å². The van der Waals surface area contributed by atoms with Gasteiger partial charge in [0, 0.05) is 31.6 Å². The van der Waals surface area contributed by atoms with Crippen LogP contribution in [0.15, 0.2) is 36.5 Å². The minimum absolute atomic E-state index is 0.0481. The molecular weight excluding hydrogens is 226 g/mol. The van der Waals surface area contributed by atoms with Crippen LogP contribution in [0.5, 0.6) is 0 Å². The zero-order valence-electron chi connectivity index (χ0n) is 11.4. The molecule has 0 aliphatic carbocycles. The van der Waals surface area contributed by atoms with Gasteiger partial charge in [-0.25, -0.2) is 0 Å². The Morgan fingerprint density at radius 1 is 1.33 bits per heavy atom. The zero-order valence-corrected chi connectivity index (χ0v) is 11.4. The van der Waals surface area contributed by atoms with E-state index in [4.69, 9.17) is 10.8 Å². The van der Waals surface area contributed by atoms with Crippen molar-refractivity contribution in [1.29, 1.82) is 0 Å². The average molecular weight is 249 g/mol. The number of aliphatic hydroxyl groups is 1. The summed E-state index contributed by atoms with van der Waals surface area (Å²) < 4.78 is 0. The highest BCUT2D eigenvalue weighted by molar-refractivity contribution is 5.79. The van der Waals surface area contributed by atoms with Gasteiger partial charge < -0.3 is 10.8 Å². The maximum Gasteiger partial charge on any atom is 0.133 e. The van der Waals surface area contributed by atoms with E-state index in [0.29, 0.717) is 18.5 Å². The number of Topliss-reactive ketones (excluding diaryl/α,β-unsaturated/α-hetero) is 1. The summed E-state index contributed by atoms with van der Waals surface area (Å²) in [5, 5.41) is 7.00. The molecule has 0 aliphatic rings. The summed E-state index contributed by atoms with van der Waals surface area (Å²) in [6.07, 6.45) is 1.00. The van der Waals surface area contributed by atoms with Crippen molar-refractivity contribution in [2.75, 3.05) is 7.11 Å². The third-order valence-electron chi connectivity index (χ3n) is 2.75. The molecule has 18 heavy (non-hydrogen) atoms. The number of rotatable bonds is 5. The molecule has 0 radical (unpaired) electrons. The van der Waals surface area contributed by atoms with Gasteiger partial charge in [-0.1, -0.05) is 43.3 Å². The Bertz CT molecular complexity index is 382. The summed E-state index contributed by atoms with van der Waals surface area (Å²) in [4.78, 5) is 11.5. The van der Waals surface area contributed by atoms with E-state index in [9.17, 15) is 4.79 Å². The molecule has 0 spiro atoms. The van der Waals surface area contributed by atoms with E-state index in [1.165, 1.54) is 5.56 Å². The summed E-state index contributed by atoms with van der Waals surface area (Å²) >= 11 is 0. The molecule has 0 aliphatic heterocycles. The van der Waals surface area contributed by atoms with Crippen LogP contribution in [0.3, 0.4) is 0 Å². The van der Waals surface area contributed by atoms with Gasteiger partial charge in [-0.3, -0.25) is 4.79 Å². The minimum atomic E-state index is -0.0481. The van der Waals surface area contributed by atoms with E-state index >= 15 is 0 Å². The van der Waals surface area contributed by atoms with Crippen molar-refractivity contribution in [1.82, 2.24) is 0 Å². The Hall–Kier alpha value is -1.61. The molecule has 1 rings (SSSR count). The van der Waals surface area contributed by atoms with Gasteiger partial charge in [0.05, 0.1) is 0 Å². The van der Waals surface area contributed by atoms with Crippen molar-refractivity contribution in [3.8, 4) is 0 Å². The third-order valence-corrected chi connectivity index (χ3v) is 2.75. The van der Waals surface area contributed by atoms with Crippen LogP contribution in [0.1, 0.15) is 36.8 Å². The highest BCUT2D eigenvalue weighted by Crippen LogP contribution is 2.25. The molecule has 0 amide bonds. The number of ketones is 1. The molecular formula is C15H23NO2. The lowest BCUT2D eigenvalue weighted by Gasteiger charge is -2.16. The first kappa shape index (κ1) is 16.4. The molecule has 0 heterocycles.